The van der Waals surface area contributed by atoms with Crippen LogP contribution < -0.4 is 5.73 Å². The highest BCUT2D eigenvalue weighted by Gasteiger charge is 2.28. The van der Waals surface area contributed by atoms with Gasteiger partial charge in [-0.2, -0.15) is 0 Å². The fourth-order valence-corrected chi connectivity index (χ4v) is 2.37. The van der Waals surface area contributed by atoms with E-state index in [2.05, 4.69) is 4.90 Å². The molecule has 1 saturated carbocycles. The van der Waals surface area contributed by atoms with Gasteiger partial charge >= 0.3 is 0 Å². The standard InChI is InChI=1S/C12H25N3O/c1-9(12(16)14(2)3)15(4)11-7-5-10(13)6-8-11/h9-11H,5-8,13H2,1-4H3. The van der Waals surface area contributed by atoms with Gasteiger partial charge in [-0.25, -0.2) is 0 Å². The normalized spacial score (nSPS) is 27.9. The van der Waals surface area contributed by atoms with Gasteiger partial charge in [-0.05, 0) is 39.7 Å². The maximum atomic E-state index is 11.9. The zero-order valence-corrected chi connectivity index (χ0v) is 10.9. The second-order valence-electron chi connectivity index (χ2n) is 5.14. The van der Waals surface area contributed by atoms with Gasteiger partial charge < -0.3 is 10.6 Å². The largest absolute Gasteiger partial charge is 0.347 e. The second-order valence-corrected chi connectivity index (χ2v) is 5.14. The molecule has 1 atom stereocenters. The molecular formula is C12H25N3O. The molecule has 2 N–H and O–H groups in total. The van der Waals surface area contributed by atoms with Gasteiger partial charge in [-0.15, -0.1) is 0 Å². The number of carbonyl (C=O) groups is 1. The Morgan fingerprint density at radius 1 is 1.19 bits per heavy atom. The molecule has 1 aliphatic rings. The molecule has 94 valence electrons. The van der Waals surface area contributed by atoms with Gasteiger partial charge in [0.15, 0.2) is 0 Å². The van der Waals surface area contributed by atoms with E-state index in [-0.39, 0.29) is 11.9 Å². The Bertz CT molecular complexity index is 234. The predicted octanol–water partition coefficient (Wildman–Crippen LogP) is 0.665. The summed E-state index contributed by atoms with van der Waals surface area (Å²) in [7, 11) is 5.67. The van der Waals surface area contributed by atoms with E-state index in [0.29, 0.717) is 12.1 Å². The minimum absolute atomic E-state index is 0.0330. The van der Waals surface area contributed by atoms with E-state index >= 15 is 0 Å². The van der Waals surface area contributed by atoms with E-state index < -0.39 is 0 Å². The first-order chi connectivity index (χ1) is 7.43. The summed E-state index contributed by atoms with van der Waals surface area (Å²) >= 11 is 0. The van der Waals surface area contributed by atoms with Gasteiger partial charge in [0.05, 0.1) is 6.04 Å². The predicted molar refractivity (Wildman–Crippen MR) is 66.2 cm³/mol. The summed E-state index contributed by atoms with van der Waals surface area (Å²) in [6, 6.07) is 0.845. The van der Waals surface area contributed by atoms with Gasteiger partial charge in [-0.1, -0.05) is 0 Å². The van der Waals surface area contributed by atoms with Crippen molar-refractivity contribution in [1.29, 1.82) is 0 Å². The highest BCUT2D eigenvalue weighted by Crippen LogP contribution is 2.22. The molecule has 4 heteroatoms. The van der Waals surface area contributed by atoms with Crippen molar-refractivity contribution in [2.75, 3.05) is 21.1 Å². The van der Waals surface area contributed by atoms with E-state index in [4.69, 9.17) is 5.73 Å². The average molecular weight is 227 g/mol. The van der Waals surface area contributed by atoms with E-state index in [9.17, 15) is 4.79 Å². The Kier molecular flexibility index (Phi) is 4.74. The molecule has 1 amide bonds. The first-order valence-corrected chi connectivity index (χ1v) is 6.12. The summed E-state index contributed by atoms with van der Waals surface area (Å²) in [5, 5.41) is 0. The number of rotatable bonds is 3. The fourth-order valence-electron chi connectivity index (χ4n) is 2.37. The summed E-state index contributed by atoms with van der Waals surface area (Å²) in [6.45, 7) is 1.98. The van der Waals surface area contributed by atoms with Crippen LogP contribution in [0.15, 0.2) is 0 Å². The zero-order valence-electron chi connectivity index (χ0n) is 10.9. The molecule has 1 fully saturated rings. The number of carbonyl (C=O) groups excluding carboxylic acids is 1. The van der Waals surface area contributed by atoms with E-state index in [0.717, 1.165) is 25.7 Å². The number of amides is 1. The Hall–Kier alpha value is -0.610. The molecule has 0 aromatic heterocycles. The zero-order chi connectivity index (χ0) is 12.3. The van der Waals surface area contributed by atoms with Crippen molar-refractivity contribution in [3.63, 3.8) is 0 Å². The lowest BCUT2D eigenvalue weighted by Gasteiger charge is -2.37. The molecule has 1 aliphatic carbocycles. The average Bonchev–Trinajstić information content (AvgIpc) is 2.27. The quantitative estimate of drug-likeness (QED) is 0.771. The van der Waals surface area contributed by atoms with Crippen molar-refractivity contribution in [3.05, 3.63) is 0 Å². The summed E-state index contributed by atoms with van der Waals surface area (Å²) in [6.07, 6.45) is 4.39. The molecule has 0 heterocycles. The molecule has 0 radical (unpaired) electrons. The summed E-state index contributed by atoms with van der Waals surface area (Å²) in [5.74, 6) is 0.178. The highest BCUT2D eigenvalue weighted by molar-refractivity contribution is 5.80. The third kappa shape index (κ3) is 3.19. The van der Waals surface area contributed by atoms with Gasteiger partial charge in [0.1, 0.15) is 0 Å². The van der Waals surface area contributed by atoms with Gasteiger partial charge in [0.25, 0.3) is 0 Å². The van der Waals surface area contributed by atoms with E-state index in [1.54, 1.807) is 4.90 Å². The van der Waals surface area contributed by atoms with Crippen molar-refractivity contribution in [3.8, 4) is 0 Å². The van der Waals surface area contributed by atoms with Crippen LogP contribution in [0.2, 0.25) is 0 Å². The molecule has 1 unspecified atom stereocenters. The topological polar surface area (TPSA) is 49.6 Å². The van der Waals surface area contributed by atoms with Crippen LogP contribution in [0.4, 0.5) is 0 Å². The molecule has 0 bridgehead atoms. The number of likely N-dealkylation sites (N-methyl/N-ethyl adjacent to an activating group) is 2. The number of nitrogens with zero attached hydrogens (tertiary/aromatic N) is 2. The Balaban J connectivity index is 2.50. The molecule has 0 saturated heterocycles. The molecule has 0 spiro atoms. The lowest BCUT2D eigenvalue weighted by atomic mass is 9.90. The van der Waals surface area contributed by atoms with Crippen LogP contribution in [-0.4, -0.2) is 55.0 Å². The van der Waals surface area contributed by atoms with E-state index in [1.807, 2.05) is 28.1 Å². The lowest BCUT2D eigenvalue weighted by Crippen LogP contribution is -2.49. The fraction of sp³-hybridized carbons (Fsp3) is 0.917. The molecule has 16 heavy (non-hydrogen) atoms. The van der Waals surface area contributed by atoms with Crippen LogP contribution >= 0.6 is 0 Å². The van der Waals surface area contributed by atoms with Gasteiger partial charge in [-0.3, -0.25) is 9.69 Å². The summed E-state index contributed by atoms with van der Waals surface area (Å²) in [5.41, 5.74) is 5.89. The van der Waals surface area contributed by atoms with Crippen molar-refractivity contribution in [2.24, 2.45) is 5.73 Å². The van der Waals surface area contributed by atoms with Crippen molar-refractivity contribution in [2.45, 2.75) is 50.7 Å². The number of hydrogen-bond acceptors (Lipinski definition) is 3. The van der Waals surface area contributed by atoms with Crippen LogP contribution in [0.1, 0.15) is 32.6 Å². The van der Waals surface area contributed by atoms with Crippen LogP contribution in [0.3, 0.4) is 0 Å². The molecule has 4 nitrogen and oxygen atoms in total. The Morgan fingerprint density at radius 2 is 1.69 bits per heavy atom. The lowest BCUT2D eigenvalue weighted by molar-refractivity contribution is -0.134. The molecule has 0 aromatic carbocycles. The maximum Gasteiger partial charge on any atom is 0.239 e. The van der Waals surface area contributed by atoms with Crippen molar-refractivity contribution >= 4 is 5.91 Å². The minimum atomic E-state index is -0.0330. The second kappa shape index (κ2) is 5.64. The number of nitrogens with two attached hydrogens (primary N) is 1. The third-order valence-electron chi connectivity index (χ3n) is 3.73. The highest BCUT2D eigenvalue weighted by atomic mass is 16.2. The molecular weight excluding hydrogens is 202 g/mol. The first-order valence-electron chi connectivity index (χ1n) is 6.12. The van der Waals surface area contributed by atoms with Crippen LogP contribution in [0.25, 0.3) is 0 Å². The summed E-state index contributed by atoms with van der Waals surface area (Å²) in [4.78, 5) is 15.7. The maximum absolute atomic E-state index is 11.9. The van der Waals surface area contributed by atoms with Crippen LogP contribution in [0, 0.1) is 0 Å². The molecule has 0 aliphatic heterocycles. The van der Waals surface area contributed by atoms with Crippen molar-refractivity contribution < 1.29 is 4.79 Å². The van der Waals surface area contributed by atoms with Crippen LogP contribution in [-0.2, 0) is 4.79 Å². The third-order valence-corrected chi connectivity index (χ3v) is 3.73. The minimum Gasteiger partial charge on any atom is -0.347 e. The molecule has 1 rings (SSSR count). The first kappa shape index (κ1) is 13.5. The summed E-state index contributed by atoms with van der Waals surface area (Å²) < 4.78 is 0. The van der Waals surface area contributed by atoms with Gasteiger partial charge in [0, 0.05) is 26.2 Å². The molecule has 0 aromatic rings. The SMILES string of the molecule is CC(C(=O)N(C)C)N(C)C1CCC(N)CC1. The monoisotopic (exact) mass is 227 g/mol. The number of hydrogen-bond donors (Lipinski definition) is 1. The smallest absolute Gasteiger partial charge is 0.239 e. The van der Waals surface area contributed by atoms with Gasteiger partial charge in [0.2, 0.25) is 5.91 Å². The Labute approximate surface area is 98.8 Å². The Morgan fingerprint density at radius 3 is 2.12 bits per heavy atom. The van der Waals surface area contributed by atoms with Crippen molar-refractivity contribution in [1.82, 2.24) is 9.80 Å². The van der Waals surface area contributed by atoms with Crippen LogP contribution in [0.5, 0.6) is 0 Å². The van der Waals surface area contributed by atoms with E-state index in [1.165, 1.54) is 0 Å².